The number of likely N-dealkylation sites (tertiary alicyclic amines) is 1. The van der Waals surface area contributed by atoms with Crippen LogP contribution in [0.25, 0.3) is 0 Å². The summed E-state index contributed by atoms with van der Waals surface area (Å²) < 4.78 is 30.7. The topological polar surface area (TPSA) is 66.9 Å². The zero-order chi connectivity index (χ0) is 14.9. The van der Waals surface area contributed by atoms with E-state index >= 15 is 0 Å². The molecular weight excluding hydrogens is 280 g/mol. The molecule has 1 amide bonds. The van der Waals surface area contributed by atoms with Gasteiger partial charge >= 0.3 is 0 Å². The van der Waals surface area contributed by atoms with Crippen molar-refractivity contribution in [3.63, 3.8) is 0 Å². The van der Waals surface area contributed by atoms with Crippen LogP contribution < -0.4 is 4.74 Å². The Morgan fingerprint density at radius 3 is 2.40 bits per heavy atom. The molecule has 1 aromatic rings. The Kier molecular flexibility index (Phi) is 4.01. The molecule has 1 aliphatic rings. The van der Waals surface area contributed by atoms with Gasteiger partial charge in [0.25, 0.3) is 5.91 Å². The van der Waals surface area contributed by atoms with E-state index in [9.17, 15) is 13.2 Å². The molecule has 0 saturated carbocycles. The second-order valence-corrected chi connectivity index (χ2v) is 6.92. The molecule has 1 aliphatic heterocycles. The lowest BCUT2D eigenvalue weighted by Gasteiger charge is -2.31. The predicted molar refractivity (Wildman–Crippen MR) is 74.4 cm³/mol. The van der Waals surface area contributed by atoms with E-state index in [1.807, 2.05) is 0 Å². The molecule has 110 valence electrons. The number of nitrogens with zero attached hydrogens (tertiary/aromatic N) is 2. The standard InChI is InChI=1S/C13H18N2O4S/c1-14(2)20(17,18)12-9-10(5-6-11(12)19-3)13(16)15-7-4-8-15/h5-6,9H,4,7-8H2,1-3H3. The lowest BCUT2D eigenvalue weighted by atomic mass is 10.1. The SMILES string of the molecule is COc1ccc(C(=O)N2CCC2)cc1S(=O)(=O)N(C)C. The summed E-state index contributed by atoms with van der Waals surface area (Å²) in [5.41, 5.74) is 0.367. The third-order valence-corrected chi connectivity index (χ3v) is 5.15. The molecule has 2 rings (SSSR count). The lowest BCUT2D eigenvalue weighted by molar-refractivity contribution is 0.0651. The smallest absolute Gasteiger partial charge is 0.253 e. The number of hydrogen-bond acceptors (Lipinski definition) is 4. The molecular formula is C13H18N2O4S. The normalized spacial score (nSPS) is 15.1. The molecule has 0 bridgehead atoms. The predicted octanol–water partition coefficient (Wildman–Crippen LogP) is 0.791. The molecule has 0 aliphatic carbocycles. The minimum atomic E-state index is -3.65. The van der Waals surface area contributed by atoms with Crippen LogP contribution in [-0.4, -0.2) is 57.8 Å². The molecule has 0 spiro atoms. The summed E-state index contributed by atoms with van der Waals surface area (Å²) in [6, 6.07) is 4.49. The molecule has 1 fully saturated rings. The molecule has 20 heavy (non-hydrogen) atoms. The van der Waals surface area contributed by atoms with Crippen LogP contribution in [0.4, 0.5) is 0 Å². The van der Waals surface area contributed by atoms with Crippen molar-refractivity contribution in [3.05, 3.63) is 23.8 Å². The number of rotatable bonds is 4. The van der Waals surface area contributed by atoms with Crippen LogP contribution in [0, 0.1) is 0 Å². The maximum Gasteiger partial charge on any atom is 0.253 e. The summed E-state index contributed by atoms with van der Waals surface area (Å²) in [6.45, 7) is 1.45. The Morgan fingerprint density at radius 2 is 1.95 bits per heavy atom. The van der Waals surface area contributed by atoms with Crippen LogP contribution in [0.1, 0.15) is 16.8 Å². The number of sulfonamides is 1. The Hall–Kier alpha value is -1.60. The van der Waals surface area contributed by atoms with E-state index in [4.69, 9.17) is 4.74 Å². The molecule has 0 N–H and O–H groups in total. The number of carbonyl (C=O) groups excluding carboxylic acids is 1. The molecule has 7 heteroatoms. The van der Waals surface area contributed by atoms with Crippen LogP contribution >= 0.6 is 0 Å². The fourth-order valence-corrected chi connectivity index (χ4v) is 2.98. The van der Waals surface area contributed by atoms with E-state index < -0.39 is 10.0 Å². The molecule has 0 radical (unpaired) electrons. The van der Waals surface area contributed by atoms with Gasteiger partial charge in [0.05, 0.1) is 7.11 Å². The van der Waals surface area contributed by atoms with E-state index in [1.165, 1.54) is 33.3 Å². The average molecular weight is 298 g/mol. The highest BCUT2D eigenvalue weighted by molar-refractivity contribution is 7.89. The average Bonchev–Trinajstić information content (AvgIpc) is 2.35. The highest BCUT2D eigenvalue weighted by Crippen LogP contribution is 2.27. The van der Waals surface area contributed by atoms with Gasteiger partial charge in [-0.15, -0.1) is 0 Å². The van der Waals surface area contributed by atoms with Crippen molar-refractivity contribution in [1.29, 1.82) is 0 Å². The van der Waals surface area contributed by atoms with Gasteiger partial charge in [0.15, 0.2) is 0 Å². The van der Waals surface area contributed by atoms with Gasteiger partial charge in [0.2, 0.25) is 10.0 Å². The van der Waals surface area contributed by atoms with Gasteiger partial charge in [-0.3, -0.25) is 4.79 Å². The largest absolute Gasteiger partial charge is 0.495 e. The number of carbonyl (C=O) groups is 1. The highest BCUT2D eigenvalue weighted by atomic mass is 32.2. The summed E-state index contributed by atoms with van der Waals surface area (Å²) in [5, 5.41) is 0. The van der Waals surface area contributed by atoms with E-state index in [2.05, 4.69) is 0 Å². The Bertz CT molecular complexity index is 621. The first-order valence-corrected chi connectivity index (χ1v) is 7.72. The molecule has 0 aromatic heterocycles. The summed E-state index contributed by atoms with van der Waals surface area (Å²) in [6.07, 6.45) is 0.991. The highest BCUT2D eigenvalue weighted by Gasteiger charge is 2.26. The van der Waals surface area contributed by atoms with Gasteiger partial charge in [0.1, 0.15) is 10.6 Å². The van der Waals surface area contributed by atoms with Crippen molar-refractivity contribution in [2.24, 2.45) is 0 Å². The first-order valence-electron chi connectivity index (χ1n) is 6.28. The maximum absolute atomic E-state index is 12.3. The van der Waals surface area contributed by atoms with Crippen molar-refractivity contribution in [3.8, 4) is 5.75 Å². The third kappa shape index (κ3) is 2.51. The van der Waals surface area contributed by atoms with E-state index in [0.717, 1.165) is 23.8 Å². The molecule has 1 heterocycles. The van der Waals surface area contributed by atoms with Crippen LogP contribution in [0.5, 0.6) is 5.75 Å². The monoisotopic (exact) mass is 298 g/mol. The summed E-state index contributed by atoms with van der Waals surface area (Å²) >= 11 is 0. The maximum atomic E-state index is 12.3. The van der Waals surface area contributed by atoms with Crippen LogP contribution in [0.2, 0.25) is 0 Å². The fourth-order valence-electron chi connectivity index (χ4n) is 1.91. The summed E-state index contributed by atoms with van der Waals surface area (Å²) in [4.78, 5) is 13.9. The molecule has 1 aromatic carbocycles. The van der Waals surface area contributed by atoms with Crippen molar-refractivity contribution < 1.29 is 17.9 Å². The number of methoxy groups -OCH3 is 1. The first kappa shape index (κ1) is 14.8. The van der Waals surface area contributed by atoms with Gasteiger partial charge in [-0.05, 0) is 24.6 Å². The van der Waals surface area contributed by atoms with E-state index in [-0.39, 0.29) is 16.6 Å². The van der Waals surface area contributed by atoms with E-state index in [1.54, 1.807) is 11.0 Å². The first-order chi connectivity index (χ1) is 9.37. The minimum absolute atomic E-state index is 0.0105. The minimum Gasteiger partial charge on any atom is -0.495 e. The number of hydrogen-bond donors (Lipinski definition) is 0. The molecule has 6 nitrogen and oxygen atoms in total. The summed E-state index contributed by atoms with van der Waals surface area (Å²) in [5.74, 6) is 0.0907. The Morgan fingerprint density at radius 1 is 1.30 bits per heavy atom. The number of amides is 1. The zero-order valence-electron chi connectivity index (χ0n) is 11.8. The van der Waals surface area contributed by atoms with Crippen molar-refractivity contribution >= 4 is 15.9 Å². The quantitative estimate of drug-likeness (QED) is 0.824. The Labute approximate surface area is 119 Å². The summed E-state index contributed by atoms with van der Waals surface area (Å²) in [7, 11) is 0.638. The van der Waals surface area contributed by atoms with E-state index in [0.29, 0.717) is 5.56 Å². The van der Waals surface area contributed by atoms with Gasteiger partial charge < -0.3 is 9.64 Å². The van der Waals surface area contributed by atoms with Gasteiger partial charge in [-0.2, -0.15) is 0 Å². The molecule has 0 unspecified atom stereocenters. The van der Waals surface area contributed by atoms with Crippen LogP contribution in [-0.2, 0) is 10.0 Å². The van der Waals surface area contributed by atoms with Crippen molar-refractivity contribution in [2.75, 3.05) is 34.3 Å². The lowest BCUT2D eigenvalue weighted by Crippen LogP contribution is -2.42. The molecule has 0 atom stereocenters. The fraction of sp³-hybridized carbons (Fsp3) is 0.462. The van der Waals surface area contributed by atoms with Gasteiger partial charge in [-0.25, -0.2) is 12.7 Å². The van der Waals surface area contributed by atoms with Gasteiger partial charge in [-0.1, -0.05) is 0 Å². The third-order valence-electron chi connectivity index (χ3n) is 3.31. The number of benzene rings is 1. The Balaban J connectivity index is 2.46. The number of ether oxygens (including phenoxy) is 1. The second kappa shape index (κ2) is 5.41. The van der Waals surface area contributed by atoms with Crippen LogP contribution in [0.15, 0.2) is 23.1 Å². The second-order valence-electron chi connectivity index (χ2n) is 4.80. The van der Waals surface area contributed by atoms with Crippen molar-refractivity contribution in [1.82, 2.24) is 9.21 Å². The molecule has 1 saturated heterocycles. The van der Waals surface area contributed by atoms with Gasteiger partial charge in [0, 0.05) is 32.7 Å². The van der Waals surface area contributed by atoms with Crippen LogP contribution in [0.3, 0.4) is 0 Å². The zero-order valence-corrected chi connectivity index (χ0v) is 12.6. The van der Waals surface area contributed by atoms with Crippen molar-refractivity contribution in [2.45, 2.75) is 11.3 Å².